The molecule has 1 aliphatic heterocycles. The van der Waals surface area contributed by atoms with Crippen molar-refractivity contribution in [1.29, 1.82) is 0 Å². The van der Waals surface area contributed by atoms with Gasteiger partial charge >= 0.3 is 0 Å². The molecule has 0 N–H and O–H groups in total. The predicted molar refractivity (Wildman–Crippen MR) is 102 cm³/mol. The molecule has 0 saturated carbocycles. The van der Waals surface area contributed by atoms with Crippen LogP contribution in [0.1, 0.15) is 36.1 Å². The first-order valence-corrected chi connectivity index (χ1v) is 9.68. The van der Waals surface area contributed by atoms with E-state index < -0.39 is 0 Å². The summed E-state index contributed by atoms with van der Waals surface area (Å²) in [6, 6.07) is 9.32. The monoisotopic (exact) mass is 324 g/mol. The molecule has 0 nitrogen and oxygen atoms in total. The average Bonchev–Trinajstić information content (AvgIpc) is 2.50. The van der Waals surface area contributed by atoms with E-state index in [1.165, 1.54) is 43.2 Å². The minimum absolute atomic E-state index is 1.31. The first-order chi connectivity index (χ1) is 10.6. The van der Waals surface area contributed by atoms with Gasteiger partial charge in [0.15, 0.2) is 0 Å². The van der Waals surface area contributed by atoms with Crippen LogP contribution in [-0.4, -0.2) is 0 Å². The zero-order chi connectivity index (χ0) is 15.7. The lowest BCUT2D eigenvalue weighted by molar-refractivity contribution is 1.29. The third-order valence-corrected chi connectivity index (χ3v) is 6.39. The van der Waals surface area contributed by atoms with Gasteiger partial charge in [-0.2, -0.15) is 0 Å². The molecule has 1 aliphatic rings. The van der Waals surface area contributed by atoms with Crippen LogP contribution in [0.15, 0.2) is 46.2 Å². The van der Waals surface area contributed by atoms with Gasteiger partial charge in [-0.05, 0) is 85.3 Å². The van der Waals surface area contributed by atoms with Crippen molar-refractivity contribution in [2.45, 2.75) is 37.5 Å². The van der Waals surface area contributed by atoms with Gasteiger partial charge in [-0.15, -0.1) is 0 Å². The zero-order valence-electron chi connectivity index (χ0n) is 13.4. The van der Waals surface area contributed by atoms with Gasteiger partial charge in [-0.3, -0.25) is 0 Å². The van der Waals surface area contributed by atoms with Crippen molar-refractivity contribution in [2.75, 3.05) is 0 Å². The summed E-state index contributed by atoms with van der Waals surface area (Å²) < 4.78 is 0. The fourth-order valence-corrected chi connectivity index (χ4v) is 5.28. The second-order valence-corrected chi connectivity index (χ2v) is 7.79. The maximum absolute atomic E-state index is 2.34. The molecule has 0 amide bonds. The highest BCUT2D eigenvalue weighted by Crippen LogP contribution is 2.52. The van der Waals surface area contributed by atoms with E-state index in [-0.39, 0.29) is 0 Å². The van der Waals surface area contributed by atoms with Gasteiger partial charge in [0.1, 0.15) is 0 Å². The Bertz CT molecular complexity index is 715. The van der Waals surface area contributed by atoms with Crippen molar-refractivity contribution >= 4 is 33.7 Å². The number of hydrogen-bond acceptors (Lipinski definition) is 2. The number of benzene rings is 2. The summed E-state index contributed by atoms with van der Waals surface area (Å²) in [6.45, 7) is 8.53. The van der Waals surface area contributed by atoms with Crippen molar-refractivity contribution in [3.8, 4) is 11.1 Å². The summed E-state index contributed by atoms with van der Waals surface area (Å²) in [5, 5.41) is 0. The van der Waals surface area contributed by atoms with E-state index in [9.17, 15) is 0 Å². The van der Waals surface area contributed by atoms with Gasteiger partial charge in [-0.1, -0.05) is 45.9 Å². The van der Waals surface area contributed by atoms with Crippen LogP contribution >= 0.6 is 21.6 Å². The Morgan fingerprint density at radius 2 is 1.09 bits per heavy atom. The van der Waals surface area contributed by atoms with Crippen LogP contribution in [0.25, 0.3) is 23.3 Å². The molecule has 112 valence electrons. The molecule has 0 aromatic heterocycles. The topological polar surface area (TPSA) is 0 Å². The van der Waals surface area contributed by atoms with Gasteiger partial charge in [0, 0.05) is 9.79 Å². The normalized spacial score (nSPS) is 13.6. The molecule has 2 aromatic carbocycles. The Morgan fingerprint density at radius 3 is 1.45 bits per heavy atom. The van der Waals surface area contributed by atoms with E-state index in [1.807, 2.05) is 21.6 Å². The highest BCUT2D eigenvalue weighted by molar-refractivity contribution is 8.76. The van der Waals surface area contributed by atoms with Gasteiger partial charge in [0.05, 0.1) is 0 Å². The van der Waals surface area contributed by atoms with E-state index in [1.54, 1.807) is 0 Å². The third kappa shape index (κ3) is 2.78. The summed E-state index contributed by atoms with van der Waals surface area (Å²) in [6.07, 6.45) is 8.62. The van der Waals surface area contributed by atoms with Crippen molar-refractivity contribution < 1.29 is 0 Å². The Labute approximate surface area is 141 Å². The molecular formula is C20H20S2. The van der Waals surface area contributed by atoms with Gasteiger partial charge in [-0.25, -0.2) is 0 Å². The fourth-order valence-electron chi connectivity index (χ4n) is 2.76. The van der Waals surface area contributed by atoms with E-state index in [0.717, 1.165) is 0 Å². The molecule has 2 aromatic rings. The minimum Gasteiger partial charge on any atom is -0.0871 e. The molecule has 0 fully saturated rings. The second-order valence-electron chi connectivity index (χ2n) is 5.58. The number of allylic oxidation sites excluding steroid dienone is 2. The average molecular weight is 325 g/mol. The van der Waals surface area contributed by atoms with Crippen LogP contribution in [-0.2, 0) is 0 Å². The van der Waals surface area contributed by atoms with Crippen molar-refractivity contribution in [3.63, 3.8) is 0 Å². The van der Waals surface area contributed by atoms with Crippen LogP contribution in [0.3, 0.4) is 0 Å². The zero-order valence-corrected chi connectivity index (χ0v) is 15.1. The van der Waals surface area contributed by atoms with E-state index in [4.69, 9.17) is 0 Å². The van der Waals surface area contributed by atoms with Crippen molar-refractivity contribution in [1.82, 2.24) is 0 Å². The van der Waals surface area contributed by atoms with E-state index in [0.29, 0.717) is 0 Å². The van der Waals surface area contributed by atoms with Crippen LogP contribution in [0.5, 0.6) is 0 Å². The number of rotatable bonds is 2. The van der Waals surface area contributed by atoms with E-state index in [2.05, 4.69) is 76.3 Å². The molecule has 0 saturated heterocycles. The molecule has 3 rings (SSSR count). The van der Waals surface area contributed by atoms with Crippen LogP contribution in [0.4, 0.5) is 0 Å². The molecule has 22 heavy (non-hydrogen) atoms. The summed E-state index contributed by atoms with van der Waals surface area (Å²) in [5.41, 5.74) is 8.04. The quantitative estimate of drug-likeness (QED) is 0.538. The molecular weight excluding hydrogens is 304 g/mol. The Morgan fingerprint density at radius 1 is 0.682 bits per heavy atom. The lowest BCUT2D eigenvalue weighted by atomic mass is 9.96. The summed E-state index contributed by atoms with van der Waals surface area (Å²) in [4.78, 5) is 2.75. The van der Waals surface area contributed by atoms with Crippen molar-refractivity contribution in [3.05, 3.63) is 58.7 Å². The summed E-state index contributed by atoms with van der Waals surface area (Å²) >= 11 is 0. The minimum atomic E-state index is 1.31. The van der Waals surface area contributed by atoms with Crippen molar-refractivity contribution in [2.24, 2.45) is 0 Å². The molecule has 0 aliphatic carbocycles. The maximum atomic E-state index is 2.34. The van der Waals surface area contributed by atoms with Gasteiger partial charge in [0.2, 0.25) is 0 Å². The van der Waals surface area contributed by atoms with Crippen LogP contribution < -0.4 is 0 Å². The molecule has 0 spiro atoms. The summed E-state index contributed by atoms with van der Waals surface area (Å²) in [5.74, 6) is 0. The number of aryl methyl sites for hydroxylation is 2. The third-order valence-electron chi connectivity index (χ3n) is 3.94. The molecule has 1 heterocycles. The first-order valence-electron chi connectivity index (χ1n) is 7.53. The first kappa shape index (κ1) is 15.5. The largest absolute Gasteiger partial charge is 0.0871 e. The van der Waals surface area contributed by atoms with Crippen LogP contribution in [0, 0.1) is 13.8 Å². The highest BCUT2D eigenvalue weighted by Gasteiger charge is 2.19. The maximum Gasteiger partial charge on any atom is 0.0268 e. The molecule has 2 heteroatoms. The lowest BCUT2D eigenvalue weighted by Gasteiger charge is -2.21. The SMILES string of the molecule is C/C=C/c1cc2c(cc1C)SSc1cc(C)c(/C=C/C)cc1-2. The molecule has 0 atom stereocenters. The standard InChI is InChI=1S/C20H20S2/c1-5-7-15-11-17-18-12-16(8-6-2)14(4)10-20(18)22-21-19(17)9-13(15)3/h5-12H,1-4H3/b7-5+,8-6+. The van der Waals surface area contributed by atoms with Gasteiger partial charge in [0.25, 0.3) is 0 Å². The number of hydrogen-bond donors (Lipinski definition) is 0. The Hall–Kier alpha value is -1.38. The van der Waals surface area contributed by atoms with Gasteiger partial charge < -0.3 is 0 Å². The fraction of sp³-hybridized carbons (Fsp3) is 0.200. The number of fused-ring (bicyclic) bond motifs is 3. The molecule has 0 radical (unpaired) electrons. The lowest BCUT2D eigenvalue weighted by Crippen LogP contribution is -1.95. The van der Waals surface area contributed by atoms with E-state index >= 15 is 0 Å². The van der Waals surface area contributed by atoms with Crippen LogP contribution in [0.2, 0.25) is 0 Å². The molecule has 0 unspecified atom stereocenters. The highest BCUT2D eigenvalue weighted by atomic mass is 33.1. The predicted octanol–water partition coefficient (Wildman–Crippen LogP) is 7.15. The summed E-state index contributed by atoms with van der Waals surface area (Å²) in [7, 11) is 3.75. The second kappa shape index (κ2) is 6.39. The Kier molecular flexibility index (Phi) is 4.51. The smallest absolute Gasteiger partial charge is 0.0268 e. The molecule has 0 bridgehead atoms. The Balaban J connectivity index is 2.23.